The van der Waals surface area contributed by atoms with Crippen LogP contribution in [0.15, 0.2) is 0 Å². The molecule has 4 heteroatoms. The Morgan fingerprint density at radius 2 is 1.88 bits per heavy atom. The van der Waals surface area contributed by atoms with Crippen LogP contribution in [0.25, 0.3) is 0 Å². The molecule has 0 spiro atoms. The molecule has 0 aromatic rings. The van der Waals surface area contributed by atoms with Crippen molar-refractivity contribution in [3.05, 3.63) is 0 Å². The number of ether oxygens (including phenoxy) is 1. The summed E-state index contributed by atoms with van der Waals surface area (Å²) in [6, 6.07) is -0.155. The van der Waals surface area contributed by atoms with E-state index in [1.165, 1.54) is 0 Å². The molecule has 1 aliphatic carbocycles. The first-order valence-electron chi connectivity index (χ1n) is 6.06. The minimum Gasteiger partial charge on any atom is -0.444 e. The van der Waals surface area contributed by atoms with Crippen molar-refractivity contribution in [3.63, 3.8) is 0 Å². The molecule has 0 aromatic heterocycles. The highest BCUT2D eigenvalue weighted by molar-refractivity contribution is 5.68. The third-order valence-corrected chi connectivity index (χ3v) is 2.68. The minimum atomic E-state index is -0.486. The van der Waals surface area contributed by atoms with E-state index in [1.807, 2.05) is 20.8 Å². The van der Waals surface area contributed by atoms with Gasteiger partial charge in [0, 0.05) is 0 Å². The van der Waals surface area contributed by atoms with Crippen molar-refractivity contribution in [3.8, 4) is 0 Å². The predicted molar refractivity (Wildman–Crippen MR) is 62.2 cm³/mol. The second-order valence-corrected chi connectivity index (χ2v) is 5.46. The van der Waals surface area contributed by atoms with Crippen molar-refractivity contribution in [2.45, 2.75) is 70.6 Å². The second kappa shape index (κ2) is 5.53. The fourth-order valence-corrected chi connectivity index (χ4v) is 1.92. The van der Waals surface area contributed by atoms with E-state index < -0.39 is 17.8 Å². The molecule has 1 rings (SSSR count). The molecule has 0 bridgehead atoms. The van der Waals surface area contributed by atoms with Gasteiger partial charge in [0.25, 0.3) is 0 Å². The Morgan fingerprint density at radius 3 is 2.50 bits per heavy atom. The largest absolute Gasteiger partial charge is 0.444 e. The second-order valence-electron chi connectivity index (χ2n) is 5.46. The average Bonchev–Trinajstić information content (AvgIpc) is 2.29. The van der Waals surface area contributed by atoms with Gasteiger partial charge in [-0.2, -0.15) is 0 Å². The highest BCUT2D eigenvalue weighted by Crippen LogP contribution is 2.18. The quantitative estimate of drug-likeness (QED) is 0.678. The third kappa shape index (κ3) is 4.84. The molecule has 1 aliphatic rings. The molecule has 1 fully saturated rings. The lowest BCUT2D eigenvalue weighted by atomic mass is 10.1. The van der Waals surface area contributed by atoms with Crippen LogP contribution in [0.5, 0.6) is 0 Å². The van der Waals surface area contributed by atoms with Crippen LogP contribution in [0.4, 0.5) is 4.79 Å². The number of nitrogens with one attached hydrogen (secondary N) is 1. The molecule has 2 atom stereocenters. The summed E-state index contributed by atoms with van der Waals surface area (Å²) in [5.41, 5.74) is -0.486. The van der Waals surface area contributed by atoms with E-state index in [2.05, 4.69) is 5.32 Å². The van der Waals surface area contributed by atoms with E-state index in [0.717, 1.165) is 32.1 Å². The van der Waals surface area contributed by atoms with Gasteiger partial charge in [0.05, 0.1) is 12.1 Å². The maximum absolute atomic E-state index is 11.5. The Hall–Kier alpha value is -0.770. The van der Waals surface area contributed by atoms with Crippen molar-refractivity contribution in [2.24, 2.45) is 0 Å². The Morgan fingerprint density at radius 1 is 1.25 bits per heavy atom. The maximum Gasteiger partial charge on any atom is 0.407 e. The number of hydrogen-bond donors (Lipinski definition) is 2. The van der Waals surface area contributed by atoms with Gasteiger partial charge < -0.3 is 15.2 Å². The molecule has 1 amide bonds. The maximum atomic E-state index is 11.5. The van der Waals surface area contributed by atoms with E-state index in [0.29, 0.717) is 0 Å². The number of rotatable bonds is 1. The first-order valence-corrected chi connectivity index (χ1v) is 6.06. The number of carbonyl (C=O) groups is 1. The highest BCUT2D eigenvalue weighted by atomic mass is 16.6. The number of alkyl carbamates (subject to hydrolysis) is 1. The summed E-state index contributed by atoms with van der Waals surface area (Å²) in [6.07, 6.45) is 3.95. The zero-order chi connectivity index (χ0) is 12.2. The zero-order valence-electron chi connectivity index (χ0n) is 10.5. The number of carbonyl (C=O) groups excluding carboxylic acids is 1. The standard InChI is InChI=1S/C12H23NO3/c1-12(2,3)16-11(15)13-9-7-5-4-6-8-10(9)14/h9-10,14H,4-8H2,1-3H3,(H,13,15)/t9-,10-/m1/s1. The number of aliphatic hydroxyl groups excluding tert-OH is 1. The summed E-state index contributed by atoms with van der Waals surface area (Å²) < 4.78 is 5.17. The van der Waals surface area contributed by atoms with Crippen molar-refractivity contribution in [1.29, 1.82) is 0 Å². The normalized spacial score (nSPS) is 27.0. The van der Waals surface area contributed by atoms with Crippen LogP contribution in [0.1, 0.15) is 52.9 Å². The molecule has 4 nitrogen and oxygen atoms in total. The molecule has 2 N–H and O–H groups in total. The molecule has 0 saturated heterocycles. The number of hydrogen-bond acceptors (Lipinski definition) is 3. The molecule has 0 radical (unpaired) electrons. The van der Waals surface area contributed by atoms with Gasteiger partial charge in [-0.25, -0.2) is 4.79 Å². The lowest BCUT2D eigenvalue weighted by Crippen LogP contribution is -2.44. The van der Waals surface area contributed by atoms with Crippen molar-refractivity contribution >= 4 is 6.09 Å². The minimum absolute atomic E-state index is 0.155. The van der Waals surface area contributed by atoms with Gasteiger partial charge in [-0.05, 0) is 33.6 Å². The molecule has 1 saturated carbocycles. The fraction of sp³-hybridized carbons (Fsp3) is 0.917. The van der Waals surface area contributed by atoms with Gasteiger partial charge in [0.1, 0.15) is 5.60 Å². The van der Waals surface area contributed by atoms with Crippen LogP contribution >= 0.6 is 0 Å². The molecular weight excluding hydrogens is 206 g/mol. The van der Waals surface area contributed by atoms with E-state index in [4.69, 9.17) is 4.74 Å². The molecule has 16 heavy (non-hydrogen) atoms. The van der Waals surface area contributed by atoms with Crippen molar-refractivity contribution in [2.75, 3.05) is 0 Å². The van der Waals surface area contributed by atoms with Crippen molar-refractivity contribution in [1.82, 2.24) is 5.32 Å². The van der Waals surface area contributed by atoms with Crippen LogP contribution in [-0.4, -0.2) is 28.9 Å². The Kier molecular flexibility index (Phi) is 4.59. The highest BCUT2D eigenvalue weighted by Gasteiger charge is 2.25. The van der Waals surface area contributed by atoms with Crippen LogP contribution in [0.3, 0.4) is 0 Å². The monoisotopic (exact) mass is 229 g/mol. The summed E-state index contributed by atoms with van der Waals surface area (Å²) in [5.74, 6) is 0. The van der Waals surface area contributed by atoms with E-state index in [9.17, 15) is 9.90 Å². The summed E-state index contributed by atoms with van der Waals surface area (Å²) in [5, 5.41) is 12.6. The topological polar surface area (TPSA) is 58.6 Å². The van der Waals surface area contributed by atoms with E-state index in [1.54, 1.807) is 0 Å². The number of aliphatic hydroxyl groups is 1. The predicted octanol–water partition coefficient (Wildman–Crippen LogP) is 2.20. The first-order chi connectivity index (χ1) is 7.38. The lowest BCUT2D eigenvalue weighted by Gasteiger charge is -2.25. The van der Waals surface area contributed by atoms with Crippen molar-refractivity contribution < 1.29 is 14.6 Å². The summed E-state index contributed by atoms with van der Waals surface area (Å²) in [6.45, 7) is 5.49. The van der Waals surface area contributed by atoms with Crippen LogP contribution < -0.4 is 5.32 Å². The fourth-order valence-electron chi connectivity index (χ4n) is 1.92. The van der Waals surface area contributed by atoms with E-state index >= 15 is 0 Å². The lowest BCUT2D eigenvalue weighted by molar-refractivity contribution is 0.0415. The summed E-state index contributed by atoms with van der Waals surface area (Å²) >= 11 is 0. The molecule has 0 aliphatic heterocycles. The van der Waals surface area contributed by atoms with Gasteiger partial charge in [-0.3, -0.25) is 0 Å². The van der Waals surface area contributed by atoms with Crippen LogP contribution in [0, 0.1) is 0 Å². The van der Waals surface area contributed by atoms with Gasteiger partial charge in [0.2, 0.25) is 0 Å². The molecule has 0 unspecified atom stereocenters. The van der Waals surface area contributed by atoms with Gasteiger partial charge in [-0.15, -0.1) is 0 Å². The zero-order valence-corrected chi connectivity index (χ0v) is 10.5. The molecule has 94 valence electrons. The van der Waals surface area contributed by atoms with Gasteiger partial charge in [0.15, 0.2) is 0 Å². The SMILES string of the molecule is CC(C)(C)OC(=O)N[C@@H]1CCCCC[C@H]1O. The third-order valence-electron chi connectivity index (χ3n) is 2.68. The van der Waals surface area contributed by atoms with Crippen LogP contribution in [-0.2, 0) is 4.74 Å². The van der Waals surface area contributed by atoms with E-state index in [-0.39, 0.29) is 6.04 Å². The van der Waals surface area contributed by atoms with Gasteiger partial charge in [-0.1, -0.05) is 19.3 Å². The molecule has 0 heterocycles. The Balaban J connectivity index is 2.42. The molecular formula is C12H23NO3. The molecule has 0 aromatic carbocycles. The Bertz CT molecular complexity index is 235. The summed E-state index contributed by atoms with van der Waals surface area (Å²) in [4.78, 5) is 11.5. The van der Waals surface area contributed by atoms with Gasteiger partial charge >= 0.3 is 6.09 Å². The average molecular weight is 229 g/mol. The summed E-state index contributed by atoms with van der Waals surface area (Å²) in [7, 11) is 0. The first kappa shape index (κ1) is 13.3. The smallest absolute Gasteiger partial charge is 0.407 e. The number of amides is 1. The Labute approximate surface area is 97.4 Å². The van der Waals surface area contributed by atoms with Crippen LogP contribution in [0.2, 0.25) is 0 Å².